The van der Waals surface area contributed by atoms with Crippen molar-refractivity contribution in [1.82, 2.24) is 5.32 Å². The van der Waals surface area contributed by atoms with E-state index in [9.17, 15) is 4.79 Å². The second-order valence-electron chi connectivity index (χ2n) is 4.99. The summed E-state index contributed by atoms with van der Waals surface area (Å²) in [4.78, 5) is 10.9. The third kappa shape index (κ3) is 1.34. The molecule has 0 aromatic rings. The van der Waals surface area contributed by atoms with Crippen LogP contribution in [0.3, 0.4) is 0 Å². The molecule has 4 atom stereocenters. The average Bonchev–Trinajstić information content (AvgIpc) is 2.80. The maximum atomic E-state index is 10.9. The molecule has 3 fully saturated rings. The van der Waals surface area contributed by atoms with Crippen molar-refractivity contribution in [1.29, 1.82) is 0 Å². The highest BCUT2D eigenvalue weighted by molar-refractivity contribution is 5.77. The van der Waals surface area contributed by atoms with Gasteiger partial charge in [-0.25, -0.2) is 0 Å². The molecule has 3 nitrogen and oxygen atoms in total. The normalized spacial score (nSPS) is 46.7. The fourth-order valence-corrected chi connectivity index (χ4v) is 3.53. The molecule has 78 valence electrons. The maximum Gasteiger partial charge on any atom is 0.246 e. The minimum absolute atomic E-state index is 0.0457. The van der Waals surface area contributed by atoms with Crippen LogP contribution < -0.4 is 5.32 Å². The number of fused-ring (bicyclic) bond motifs is 2. The number of carbonyl (C=O) groups is 1. The lowest BCUT2D eigenvalue weighted by Gasteiger charge is -2.33. The Morgan fingerprint density at radius 2 is 2.21 bits per heavy atom. The zero-order chi connectivity index (χ0) is 9.54. The first kappa shape index (κ1) is 8.72. The Labute approximate surface area is 84.2 Å². The number of hydrogen-bond acceptors (Lipinski definition) is 2. The van der Waals surface area contributed by atoms with Crippen molar-refractivity contribution >= 4 is 5.91 Å². The molecule has 0 radical (unpaired) electrons. The Morgan fingerprint density at radius 3 is 2.79 bits per heavy atom. The summed E-state index contributed by atoms with van der Waals surface area (Å²) in [5, 5.41) is 2.90. The quantitative estimate of drug-likeness (QED) is 0.676. The monoisotopic (exact) mass is 195 g/mol. The molecule has 0 spiro atoms. The van der Waals surface area contributed by atoms with E-state index in [1.54, 1.807) is 0 Å². The van der Waals surface area contributed by atoms with Crippen LogP contribution in [0.25, 0.3) is 0 Å². The third-order valence-electron chi connectivity index (χ3n) is 4.20. The zero-order valence-corrected chi connectivity index (χ0v) is 8.37. The highest BCUT2D eigenvalue weighted by atomic mass is 16.5. The predicted molar refractivity (Wildman–Crippen MR) is 51.7 cm³/mol. The van der Waals surface area contributed by atoms with Crippen LogP contribution in [0.1, 0.15) is 25.7 Å². The van der Waals surface area contributed by atoms with E-state index in [0.29, 0.717) is 6.10 Å². The number of hydrogen-bond donors (Lipinski definition) is 1. The van der Waals surface area contributed by atoms with E-state index < -0.39 is 0 Å². The molecule has 2 saturated carbocycles. The van der Waals surface area contributed by atoms with E-state index in [1.165, 1.54) is 25.7 Å². The first-order valence-corrected chi connectivity index (χ1v) is 5.71. The van der Waals surface area contributed by atoms with Gasteiger partial charge in [-0.2, -0.15) is 0 Å². The molecule has 2 aliphatic carbocycles. The topological polar surface area (TPSA) is 38.3 Å². The summed E-state index contributed by atoms with van der Waals surface area (Å²) < 4.78 is 5.61. The van der Waals surface area contributed by atoms with Crippen molar-refractivity contribution in [2.24, 2.45) is 17.8 Å². The number of amides is 1. The van der Waals surface area contributed by atoms with Crippen molar-refractivity contribution in [3.63, 3.8) is 0 Å². The summed E-state index contributed by atoms with van der Waals surface area (Å²) >= 11 is 0. The van der Waals surface area contributed by atoms with Crippen molar-refractivity contribution in [2.75, 3.05) is 13.2 Å². The van der Waals surface area contributed by atoms with Crippen molar-refractivity contribution < 1.29 is 9.53 Å². The Bertz CT molecular complexity index is 244. The van der Waals surface area contributed by atoms with E-state index >= 15 is 0 Å². The lowest BCUT2D eigenvalue weighted by atomic mass is 9.84. The molecule has 1 amide bonds. The molecule has 4 unspecified atom stereocenters. The number of morpholine rings is 1. The van der Waals surface area contributed by atoms with Gasteiger partial charge in [0.1, 0.15) is 6.61 Å². The fraction of sp³-hybridized carbons (Fsp3) is 0.909. The molecule has 3 rings (SSSR count). The summed E-state index contributed by atoms with van der Waals surface area (Å²) in [5.41, 5.74) is 0. The fourth-order valence-electron chi connectivity index (χ4n) is 3.53. The van der Waals surface area contributed by atoms with Crippen molar-refractivity contribution in [3.05, 3.63) is 0 Å². The largest absolute Gasteiger partial charge is 0.366 e. The molecule has 0 aromatic carbocycles. The van der Waals surface area contributed by atoms with E-state index in [2.05, 4.69) is 5.32 Å². The van der Waals surface area contributed by atoms with E-state index in [1.807, 2.05) is 0 Å². The number of ether oxygens (including phenoxy) is 1. The first-order chi connectivity index (χ1) is 6.83. The van der Waals surface area contributed by atoms with Crippen molar-refractivity contribution in [2.45, 2.75) is 31.8 Å². The zero-order valence-electron chi connectivity index (χ0n) is 8.37. The Kier molecular flexibility index (Phi) is 2.01. The third-order valence-corrected chi connectivity index (χ3v) is 4.20. The van der Waals surface area contributed by atoms with Crippen LogP contribution in [0.15, 0.2) is 0 Å². The highest BCUT2D eigenvalue weighted by Crippen LogP contribution is 2.50. The van der Waals surface area contributed by atoms with Gasteiger partial charge in [-0.05, 0) is 37.0 Å². The summed E-state index contributed by atoms with van der Waals surface area (Å²) in [7, 11) is 0. The minimum Gasteiger partial charge on any atom is -0.366 e. The SMILES string of the molecule is O=C1COC(C2CC3CCC2C3)CN1. The molecule has 0 aromatic heterocycles. The molecule has 1 aliphatic heterocycles. The van der Waals surface area contributed by atoms with Gasteiger partial charge in [0.15, 0.2) is 0 Å². The van der Waals surface area contributed by atoms with Crippen LogP contribution in [0.4, 0.5) is 0 Å². The van der Waals surface area contributed by atoms with E-state index in [-0.39, 0.29) is 12.5 Å². The Morgan fingerprint density at radius 1 is 1.29 bits per heavy atom. The average molecular weight is 195 g/mol. The van der Waals surface area contributed by atoms with Crippen LogP contribution in [0.5, 0.6) is 0 Å². The predicted octanol–water partition coefficient (Wildman–Crippen LogP) is 0.938. The molecule has 2 bridgehead atoms. The summed E-state index contributed by atoms with van der Waals surface area (Å²) in [6.07, 6.45) is 5.88. The van der Waals surface area contributed by atoms with E-state index in [4.69, 9.17) is 4.74 Å². The molecule has 1 saturated heterocycles. The van der Waals surface area contributed by atoms with Gasteiger partial charge < -0.3 is 10.1 Å². The number of carbonyl (C=O) groups excluding carboxylic acids is 1. The van der Waals surface area contributed by atoms with Crippen LogP contribution in [0.2, 0.25) is 0 Å². The molecule has 1 N–H and O–H groups in total. The van der Waals surface area contributed by atoms with Crippen LogP contribution in [-0.4, -0.2) is 25.2 Å². The second-order valence-corrected chi connectivity index (χ2v) is 4.99. The molecule has 1 heterocycles. The van der Waals surface area contributed by atoms with Crippen molar-refractivity contribution in [3.8, 4) is 0 Å². The standard InChI is InChI=1S/C11H17NO2/c13-11-6-14-10(5-12-11)9-4-7-1-2-8(9)3-7/h7-10H,1-6H2,(H,12,13). The van der Waals surface area contributed by atoms with Gasteiger partial charge in [0.25, 0.3) is 0 Å². The molecule has 3 aliphatic rings. The number of nitrogens with one attached hydrogen (secondary N) is 1. The van der Waals surface area contributed by atoms with Crippen LogP contribution in [0, 0.1) is 17.8 Å². The van der Waals surface area contributed by atoms with Gasteiger partial charge >= 0.3 is 0 Å². The van der Waals surface area contributed by atoms with Gasteiger partial charge in [-0.15, -0.1) is 0 Å². The second kappa shape index (κ2) is 3.23. The van der Waals surface area contributed by atoms with Gasteiger partial charge in [0.05, 0.1) is 6.10 Å². The lowest BCUT2D eigenvalue weighted by Crippen LogP contribution is -2.47. The minimum atomic E-state index is 0.0457. The smallest absolute Gasteiger partial charge is 0.246 e. The molecular weight excluding hydrogens is 178 g/mol. The van der Waals surface area contributed by atoms with E-state index in [0.717, 1.165) is 24.3 Å². The summed E-state index contributed by atoms with van der Waals surface area (Å²) in [6, 6.07) is 0. The molecular formula is C11H17NO2. The molecule has 14 heavy (non-hydrogen) atoms. The van der Waals surface area contributed by atoms with Gasteiger partial charge in [0.2, 0.25) is 5.91 Å². The van der Waals surface area contributed by atoms with Crippen LogP contribution >= 0.6 is 0 Å². The first-order valence-electron chi connectivity index (χ1n) is 5.71. The summed E-state index contributed by atoms with van der Waals surface area (Å²) in [6.45, 7) is 1.02. The summed E-state index contributed by atoms with van der Waals surface area (Å²) in [5.74, 6) is 2.63. The van der Waals surface area contributed by atoms with Gasteiger partial charge in [-0.3, -0.25) is 4.79 Å². The van der Waals surface area contributed by atoms with Gasteiger partial charge in [0, 0.05) is 6.54 Å². The Hall–Kier alpha value is -0.570. The molecule has 3 heteroatoms. The maximum absolute atomic E-state index is 10.9. The van der Waals surface area contributed by atoms with Crippen LogP contribution in [-0.2, 0) is 9.53 Å². The lowest BCUT2D eigenvalue weighted by molar-refractivity contribution is -0.136. The van der Waals surface area contributed by atoms with Gasteiger partial charge in [-0.1, -0.05) is 6.42 Å². The number of rotatable bonds is 1. The Balaban J connectivity index is 1.63. The highest BCUT2D eigenvalue weighted by Gasteiger charge is 2.44.